The molecule has 0 saturated heterocycles. The molecule has 0 aliphatic carbocycles. The molecule has 2 aromatic carbocycles. The molecule has 0 aliphatic rings. The van der Waals surface area contributed by atoms with Gasteiger partial charge < -0.3 is 19.9 Å². The van der Waals surface area contributed by atoms with Crippen LogP contribution >= 0.6 is 12.1 Å². The normalized spacial score (nSPS) is 11.4. The first kappa shape index (κ1) is 28.1. The number of nitro benzene ring substituents is 1. The summed E-state index contributed by atoms with van der Waals surface area (Å²) in [6, 6.07) is 13.1. The number of fused-ring (bicyclic) bond motifs is 1. The SMILES string of the molecule is CCN(C)CCN(C)c1cc(OC)c(Nc2nccc(-c3cn(SN(C)C)c4ccccc34)n2)cc1[N+](=O)[O-]. The zero-order valence-corrected chi connectivity index (χ0v) is 23.9. The third kappa shape index (κ3) is 6.41. The summed E-state index contributed by atoms with van der Waals surface area (Å²) in [5, 5.41) is 16.2. The summed E-state index contributed by atoms with van der Waals surface area (Å²) in [5.74, 6) is 0.766. The molecular formula is C27H34N8O3S. The maximum atomic E-state index is 12.0. The molecule has 0 unspecified atom stereocenters. The van der Waals surface area contributed by atoms with Crippen LogP contribution in [-0.2, 0) is 0 Å². The molecule has 0 spiro atoms. The molecule has 0 aliphatic heterocycles. The van der Waals surface area contributed by atoms with Crippen LogP contribution in [0.25, 0.3) is 22.2 Å². The van der Waals surface area contributed by atoms with Gasteiger partial charge in [-0.1, -0.05) is 25.1 Å². The van der Waals surface area contributed by atoms with Gasteiger partial charge in [0.15, 0.2) is 0 Å². The molecule has 0 atom stereocenters. The highest BCUT2D eigenvalue weighted by molar-refractivity contribution is 7.95. The van der Waals surface area contributed by atoms with Gasteiger partial charge in [0.2, 0.25) is 5.95 Å². The predicted octanol–water partition coefficient (Wildman–Crippen LogP) is 5.12. The molecule has 1 N–H and O–H groups in total. The van der Waals surface area contributed by atoms with Crippen LogP contribution in [0.5, 0.6) is 5.75 Å². The van der Waals surface area contributed by atoms with Crippen molar-refractivity contribution in [3.8, 4) is 17.0 Å². The molecule has 0 fully saturated rings. The van der Waals surface area contributed by atoms with Crippen molar-refractivity contribution in [3.05, 3.63) is 65.0 Å². The lowest BCUT2D eigenvalue weighted by molar-refractivity contribution is -0.384. The molecule has 39 heavy (non-hydrogen) atoms. The zero-order valence-electron chi connectivity index (χ0n) is 23.1. The Morgan fingerprint density at radius 2 is 1.90 bits per heavy atom. The monoisotopic (exact) mass is 550 g/mol. The second-order valence-corrected chi connectivity index (χ2v) is 10.6. The Labute approximate surface area is 232 Å². The smallest absolute Gasteiger partial charge is 0.294 e. The summed E-state index contributed by atoms with van der Waals surface area (Å²) < 4.78 is 9.73. The predicted molar refractivity (Wildman–Crippen MR) is 159 cm³/mol. The number of aromatic nitrogens is 3. The summed E-state index contributed by atoms with van der Waals surface area (Å²) in [6.07, 6.45) is 3.72. The first-order valence-electron chi connectivity index (χ1n) is 12.5. The van der Waals surface area contributed by atoms with Gasteiger partial charge in [0, 0.05) is 67.7 Å². The first-order valence-corrected chi connectivity index (χ1v) is 13.3. The highest BCUT2D eigenvalue weighted by Gasteiger charge is 2.23. The van der Waals surface area contributed by atoms with E-state index >= 15 is 0 Å². The number of nitro groups is 1. The standard InChI is InChI=1S/C27H34N8O3S/c1-7-32(4)14-15-33(5)24-17-26(38-6)22(16-25(24)35(36)37)30-27-28-13-12-21(29-27)20-18-34(39-31(2)3)23-11-9-8-10-19(20)23/h8-13,16-18H,7,14-15H2,1-6H3,(H,28,29,30). The minimum absolute atomic E-state index is 0.0279. The number of methoxy groups -OCH3 is 1. The van der Waals surface area contributed by atoms with E-state index in [0.29, 0.717) is 29.6 Å². The number of likely N-dealkylation sites (N-methyl/N-ethyl adjacent to an activating group) is 2. The van der Waals surface area contributed by atoms with Gasteiger partial charge in [-0.15, -0.1) is 0 Å². The summed E-state index contributed by atoms with van der Waals surface area (Å²) >= 11 is 1.57. The van der Waals surface area contributed by atoms with Gasteiger partial charge in [0.05, 0.1) is 28.9 Å². The second-order valence-electron chi connectivity index (χ2n) is 9.29. The van der Waals surface area contributed by atoms with E-state index in [4.69, 9.17) is 9.72 Å². The summed E-state index contributed by atoms with van der Waals surface area (Å²) in [6.45, 7) is 4.38. The first-order chi connectivity index (χ1) is 18.7. The number of hydrogen-bond acceptors (Lipinski definition) is 10. The highest BCUT2D eigenvalue weighted by atomic mass is 32.2. The maximum Gasteiger partial charge on any atom is 0.294 e. The van der Waals surface area contributed by atoms with E-state index < -0.39 is 0 Å². The van der Waals surface area contributed by atoms with Crippen molar-refractivity contribution in [1.29, 1.82) is 0 Å². The molecule has 12 heteroatoms. The third-order valence-electron chi connectivity index (χ3n) is 6.37. The largest absolute Gasteiger partial charge is 0.494 e. The number of benzene rings is 2. The zero-order chi connectivity index (χ0) is 28.1. The van der Waals surface area contributed by atoms with Crippen LogP contribution in [0.2, 0.25) is 0 Å². The molecule has 2 heterocycles. The molecule has 0 saturated carbocycles. The van der Waals surface area contributed by atoms with Crippen molar-refractivity contribution in [1.82, 2.24) is 23.1 Å². The lowest BCUT2D eigenvalue weighted by Gasteiger charge is -2.23. The molecular weight excluding hydrogens is 516 g/mol. The van der Waals surface area contributed by atoms with E-state index in [9.17, 15) is 10.1 Å². The number of ether oxygens (including phenoxy) is 1. The third-order valence-corrected chi connectivity index (χ3v) is 7.17. The van der Waals surface area contributed by atoms with Crippen molar-refractivity contribution in [2.45, 2.75) is 6.92 Å². The van der Waals surface area contributed by atoms with Gasteiger partial charge in [-0.25, -0.2) is 14.3 Å². The molecule has 4 aromatic rings. The second kappa shape index (κ2) is 12.3. The van der Waals surface area contributed by atoms with Gasteiger partial charge in [0.1, 0.15) is 11.4 Å². The van der Waals surface area contributed by atoms with Crippen molar-refractivity contribution in [2.24, 2.45) is 0 Å². The van der Waals surface area contributed by atoms with Gasteiger partial charge >= 0.3 is 0 Å². The van der Waals surface area contributed by atoms with Crippen molar-refractivity contribution in [2.75, 3.05) is 65.2 Å². The van der Waals surface area contributed by atoms with E-state index in [-0.39, 0.29) is 10.6 Å². The summed E-state index contributed by atoms with van der Waals surface area (Å²) in [4.78, 5) is 24.8. The van der Waals surface area contributed by atoms with Crippen molar-refractivity contribution in [3.63, 3.8) is 0 Å². The van der Waals surface area contributed by atoms with Crippen LogP contribution in [0.15, 0.2) is 54.9 Å². The van der Waals surface area contributed by atoms with Crippen molar-refractivity contribution < 1.29 is 9.66 Å². The fraction of sp³-hybridized carbons (Fsp3) is 0.333. The topological polar surface area (TPSA) is 105 Å². The molecule has 0 radical (unpaired) electrons. The fourth-order valence-corrected chi connectivity index (χ4v) is 4.91. The van der Waals surface area contributed by atoms with E-state index in [2.05, 4.69) is 38.2 Å². The van der Waals surface area contributed by atoms with Gasteiger partial charge in [0.25, 0.3) is 5.69 Å². The highest BCUT2D eigenvalue weighted by Crippen LogP contribution is 2.39. The minimum atomic E-state index is -0.380. The molecule has 206 valence electrons. The Hall–Kier alpha value is -3.87. The average molecular weight is 551 g/mol. The number of para-hydroxylation sites is 1. The van der Waals surface area contributed by atoms with E-state index in [0.717, 1.165) is 35.2 Å². The van der Waals surface area contributed by atoms with E-state index in [1.54, 1.807) is 24.4 Å². The Morgan fingerprint density at radius 1 is 1.13 bits per heavy atom. The number of nitrogens with one attached hydrogen (secondary N) is 1. The number of rotatable bonds is 12. The molecule has 2 aromatic heterocycles. The maximum absolute atomic E-state index is 12.0. The lowest BCUT2D eigenvalue weighted by Crippen LogP contribution is -2.31. The van der Waals surface area contributed by atoms with E-state index in [1.165, 1.54) is 13.2 Å². The minimum Gasteiger partial charge on any atom is -0.494 e. The Morgan fingerprint density at radius 3 is 2.59 bits per heavy atom. The molecule has 0 bridgehead atoms. The van der Waals surface area contributed by atoms with Crippen LogP contribution in [0.1, 0.15) is 6.92 Å². The lowest BCUT2D eigenvalue weighted by atomic mass is 10.1. The molecule has 11 nitrogen and oxygen atoms in total. The van der Waals surface area contributed by atoms with Crippen LogP contribution < -0.4 is 15.0 Å². The fourth-order valence-electron chi connectivity index (χ4n) is 4.16. The molecule has 4 rings (SSSR count). The van der Waals surface area contributed by atoms with E-state index in [1.807, 2.05) is 61.8 Å². The van der Waals surface area contributed by atoms with Crippen LogP contribution in [-0.4, -0.2) is 83.0 Å². The summed E-state index contributed by atoms with van der Waals surface area (Å²) in [7, 11) is 9.38. The van der Waals surface area contributed by atoms with Crippen LogP contribution in [0.4, 0.5) is 23.0 Å². The Bertz CT molecular complexity index is 1460. The van der Waals surface area contributed by atoms with Gasteiger partial charge in [-0.05, 0) is 39.8 Å². The Kier molecular flexibility index (Phi) is 8.90. The van der Waals surface area contributed by atoms with Crippen LogP contribution in [0.3, 0.4) is 0 Å². The number of anilines is 3. The van der Waals surface area contributed by atoms with Gasteiger partial charge in [-0.2, -0.15) is 0 Å². The summed E-state index contributed by atoms with van der Waals surface area (Å²) in [5.41, 5.74) is 3.62. The quantitative estimate of drug-likeness (QED) is 0.145. The Balaban J connectivity index is 1.68. The number of nitrogens with zero attached hydrogens (tertiary/aromatic N) is 7. The van der Waals surface area contributed by atoms with Crippen molar-refractivity contribution >= 4 is 46.0 Å². The van der Waals surface area contributed by atoms with Crippen LogP contribution in [0, 0.1) is 10.1 Å². The number of hydrogen-bond donors (Lipinski definition) is 1. The molecule has 0 amide bonds. The van der Waals surface area contributed by atoms with Gasteiger partial charge in [-0.3, -0.25) is 14.1 Å². The average Bonchev–Trinajstić information content (AvgIpc) is 3.29.